The largest absolute Gasteiger partial charge is 0.491 e. The number of anilines is 1. The van der Waals surface area contributed by atoms with Crippen LogP contribution < -0.4 is 26.6 Å². The number of urea groups is 1. The first-order valence-electron chi connectivity index (χ1n) is 20.0. The van der Waals surface area contributed by atoms with E-state index < -0.39 is 6.92 Å². The molecule has 312 valence electrons. The fraction of sp³-hybridized carbons (Fsp3) is 0.600. The molecule has 3 aromatic rings. The van der Waals surface area contributed by atoms with Crippen LogP contribution in [0.2, 0.25) is 6.82 Å². The molecule has 2 fully saturated rings. The lowest BCUT2D eigenvalue weighted by Crippen LogP contribution is -2.36. The van der Waals surface area contributed by atoms with Crippen LogP contribution in [0.5, 0.6) is 5.75 Å². The van der Waals surface area contributed by atoms with E-state index in [0.29, 0.717) is 121 Å². The lowest BCUT2D eigenvalue weighted by Gasteiger charge is -2.16. The maximum atomic E-state index is 12.2. The number of hydrogen-bond acceptors (Lipinski definition) is 14. The van der Waals surface area contributed by atoms with Crippen LogP contribution in [0, 0.1) is 0 Å². The van der Waals surface area contributed by atoms with E-state index in [4.69, 9.17) is 38.9 Å². The average molecular weight is 812 g/mol. The van der Waals surface area contributed by atoms with Crippen LogP contribution in [0.25, 0.3) is 22.0 Å². The molecule has 2 amide bonds. The van der Waals surface area contributed by atoms with Gasteiger partial charge in [0.25, 0.3) is 0 Å². The second kappa shape index (κ2) is 25.1. The molecule has 1 aromatic heterocycles. The molecule has 0 saturated carbocycles. The Morgan fingerprint density at radius 2 is 1.46 bits per heavy atom. The Hall–Kier alpha value is -3.55. The SMILES string of the molecule is CB(O)c1ccc(OCCOCCOCCOCCOCCOCCOCCCC(=O)CCCC[C@@H]2SC[C@@H]3NC(=O)N[C@@H]32)c(-c2ccc3c(N)cnnc3c2)c1. The number of nitrogens with zero attached hydrogens (tertiary/aromatic N) is 2. The minimum absolute atomic E-state index is 0.0541. The van der Waals surface area contributed by atoms with Crippen LogP contribution in [-0.2, 0) is 33.2 Å². The summed E-state index contributed by atoms with van der Waals surface area (Å²) >= 11 is 1.91. The van der Waals surface area contributed by atoms with Crippen molar-refractivity contribution >= 4 is 52.5 Å². The molecule has 3 heterocycles. The van der Waals surface area contributed by atoms with Crippen LogP contribution in [0.4, 0.5) is 10.5 Å². The first-order valence-corrected chi connectivity index (χ1v) is 21.1. The monoisotopic (exact) mass is 811 g/mol. The van der Waals surface area contributed by atoms with E-state index in [1.54, 1.807) is 6.82 Å². The van der Waals surface area contributed by atoms with Crippen molar-refractivity contribution in [2.45, 2.75) is 62.7 Å². The zero-order chi connectivity index (χ0) is 40.1. The molecule has 5 rings (SSSR count). The van der Waals surface area contributed by atoms with Gasteiger partial charge in [-0.05, 0) is 48.5 Å². The van der Waals surface area contributed by atoms with Crippen molar-refractivity contribution in [1.82, 2.24) is 20.8 Å². The average Bonchev–Trinajstić information content (AvgIpc) is 3.77. The van der Waals surface area contributed by atoms with Gasteiger partial charge in [-0.1, -0.05) is 31.4 Å². The number of nitrogens with two attached hydrogens (primary N) is 1. The molecule has 5 N–H and O–H groups in total. The van der Waals surface area contributed by atoms with Crippen LogP contribution >= 0.6 is 11.8 Å². The van der Waals surface area contributed by atoms with Gasteiger partial charge in [0, 0.05) is 41.4 Å². The van der Waals surface area contributed by atoms with E-state index in [9.17, 15) is 14.6 Å². The maximum absolute atomic E-state index is 12.2. The number of benzene rings is 2. The van der Waals surface area contributed by atoms with E-state index in [0.717, 1.165) is 53.4 Å². The third-order valence-corrected chi connectivity index (χ3v) is 11.2. The molecule has 2 aromatic carbocycles. The number of Topliss-reactive ketones (excluding diaryl/α,β-unsaturated/α-hetero) is 1. The van der Waals surface area contributed by atoms with Gasteiger partial charge in [-0.25, -0.2) is 4.79 Å². The van der Waals surface area contributed by atoms with Crippen LogP contribution in [0.15, 0.2) is 42.6 Å². The predicted molar refractivity (Wildman–Crippen MR) is 221 cm³/mol. The van der Waals surface area contributed by atoms with Crippen molar-refractivity contribution in [1.29, 1.82) is 0 Å². The number of rotatable bonds is 30. The standard InChI is InChI=1S/C40H58BN5O10S/c1-41(49)30-9-11-37(33(26-30)29-8-10-32-34(42)27-43-46-35(32)25-29)56-24-23-55-22-21-54-20-19-53-18-17-52-16-15-51-14-13-50-12-4-6-31(47)5-2-3-7-38-39-36(28-57-38)44-40(48)45-39/h8-11,25-27,36,38-39,49H,2-7,12-24,28H2,1H3,(H2,42,46)(H2,44,45,48)/t36-,38-,39-/m0/s1. The topological polar surface area (TPSA) is 195 Å². The van der Waals surface area contributed by atoms with Gasteiger partial charge in [-0.3, -0.25) is 4.79 Å². The predicted octanol–water partition coefficient (Wildman–Crippen LogP) is 3.25. The van der Waals surface area contributed by atoms with Gasteiger partial charge < -0.3 is 54.5 Å². The molecule has 0 radical (unpaired) electrons. The molecule has 57 heavy (non-hydrogen) atoms. The van der Waals surface area contributed by atoms with Crippen LogP contribution in [-0.4, -0.2) is 143 Å². The van der Waals surface area contributed by atoms with E-state index in [1.165, 1.54) is 6.20 Å². The summed E-state index contributed by atoms with van der Waals surface area (Å²) in [6, 6.07) is 11.8. The lowest BCUT2D eigenvalue weighted by atomic mass is 9.64. The lowest BCUT2D eigenvalue weighted by molar-refractivity contribution is -0.119. The third kappa shape index (κ3) is 15.3. The number of nitrogens with one attached hydrogen (secondary N) is 2. The molecule has 15 nitrogen and oxygen atoms in total. The summed E-state index contributed by atoms with van der Waals surface area (Å²) < 4.78 is 39.6. The molecule has 0 bridgehead atoms. The smallest absolute Gasteiger partial charge is 0.320 e. The highest BCUT2D eigenvalue weighted by Crippen LogP contribution is 2.34. The second-order valence-electron chi connectivity index (χ2n) is 14.0. The van der Waals surface area contributed by atoms with E-state index in [2.05, 4.69) is 20.8 Å². The zero-order valence-corrected chi connectivity index (χ0v) is 33.8. The maximum Gasteiger partial charge on any atom is 0.320 e. The number of ketones is 1. The van der Waals surface area contributed by atoms with Crippen molar-refractivity contribution in [3.05, 3.63) is 42.6 Å². The molecule has 3 atom stereocenters. The number of aromatic nitrogens is 2. The van der Waals surface area contributed by atoms with Gasteiger partial charge in [0.15, 0.2) is 0 Å². The number of amides is 2. The molecule has 0 spiro atoms. The zero-order valence-electron chi connectivity index (χ0n) is 33.0. The quantitative estimate of drug-likeness (QED) is 0.0435. The van der Waals surface area contributed by atoms with Crippen LogP contribution in [0.1, 0.15) is 38.5 Å². The minimum Gasteiger partial charge on any atom is -0.491 e. The number of carbonyl (C=O) groups excluding carboxylic acids is 2. The molecule has 0 unspecified atom stereocenters. The molecule has 2 aliphatic heterocycles. The Labute approximate surface area is 339 Å². The van der Waals surface area contributed by atoms with Gasteiger partial charge in [0.2, 0.25) is 0 Å². The number of fused-ring (bicyclic) bond motifs is 2. The van der Waals surface area contributed by atoms with E-state index in [1.807, 2.05) is 48.2 Å². The number of thioether (sulfide) groups is 1. The van der Waals surface area contributed by atoms with Gasteiger partial charge in [-0.2, -0.15) is 22.0 Å². The number of hydrogen-bond donors (Lipinski definition) is 4. The van der Waals surface area contributed by atoms with Gasteiger partial charge in [-0.15, -0.1) is 0 Å². The highest BCUT2D eigenvalue weighted by Gasteiger charge is 2.42. The number of ether oxygens (including phenoxy) is 7. The first-order chi connectivity index (χ1) is 27.9. The summed E-state index contributed by atoms with van der Waals surface area (Å²) in [5, 5.41) is 25.6. The molecular weight excluding hydrogens is 753 g/mol. The van der Waals surface area contributed by atoms with Crippen molar-refractivity contribution < 1.29 is 47.8 Å². The number of carbonyl (C=O) groups is 2. The molecule has 0 aliphatic carbocycles. The second-order valence-corrected chi connectivity index (χ2v) is 15.3. The normalized spacial score (nSPS) is 17.4. The summed E-state index contributed by atoms with van der Waals surface area (Å²) in [6.45, 7) is 7.05. The Morgan fingerprint density at radius 3 is 2.12 bits per heavy atom. The van der Waals surface area contributed by atoms with Crippen molar-refractivity contribution in [3.63, 3.8) is 0 Å². The Morgan fingerprint density at radius 1 is 0.825 bits per heavy atom. The number of unbranched alkanes of at least 4 members (excludes halogenated alkanes) is 1. The highest BCUT2D eigenvalue weighted by molar-refractivity contribution is 8.00. The molecule has 17 heteroatoms. The Kier molecular flexibility index (Phi) is 19.6. The Balaban J connectivity index is 0.768. The van der Waals surface area contributed by atoms with Gasteiger partial charge >= 0.3 is 12.9 Å². The summed E-state index contributed by atoms with van der Waals surface area (Å²) in [5.74, 6) is 1.92. The first kappa shape index (κ1) is 44.6. The Bertz CT molecular complexity index is 1680. The van der Waals surface area contributed by atoms with Crippen molar-refractivity contribution in [2.24, 2.45) is 0 Å². The molecule has 2 aliphatic rings. The molecular formula is C40H58BN5O10S. The molecule has 2 saturated heterocycles. The van der Waals surface area contributed by atoms with E-state index >= 15 is 0 Å². The van der Waals surface area contributed by atoms with Gasteiger partial charge in [0.05, 0.1) is 102 Å². The fourth-order valence-electron chi connectivity index (χ4n) is 6.63. The summed E-state index contributed by atoms with van der Waals surface area (Å²) in [7, 11) is 0. The summed E-state index contributed by atoms with van der Waals surface area (Å²) in [5.41, 5.74) is 9.77. The van der Waals surface area contributed by atoms with E-state index in [-0.39, 0.29) is 23.9 Å². The van der Waals surface area contributed by atoms with Crippen LogP contribution in [0.3, 0.4) is 0 Å². The third-order valence-electron chi connectivity index (χ3n) is 9.69. The summed E-state index contributed by atoms with van der Waals surface area (Å²) in [4.78, 5) is 23.7. The van der Waals surface area contributed by atoms with Gasteiger partial charge in [0.1, 0.15) is 18.1 Å². The van der Waals surface area contributed by atoms with Crippen molar-refractivity contribution in [3.8, 4) is 16.9 Å². The fourth-order valence-corrected chi connectivity index (χ4v) is 8.17. The van der Waals surface area contributed by atoms with Crippen molar-refractivity contribution in [2.75, 3.05) is 97.4 Å². The highest BCUT2D eigenvalue weighted by atomic mass is 32.2. The number of nitrogen functional groups attached to an aromatic ring is 1. The summed E-state index contributed by atoms with van der Waals surface area (Å²) in [6.07, 6.45) is 6.35. The minimum atomic E-state index is -0.623.